The van der Waals surface area contributed by atoms with E-state index in [1.54, 1.807) is 0 Å². The number of allylic oxidation sites excluding steroid dienone is 18. The SMILES string of the molecule is CCCCC/C=C\C/C=C\C/C=C\C/C=C\CCCCCC(=O)OC[C@H](COC(=O)CCCCCCCCCCCCC/C=C\CCCCCCCC)OC(=O)CCC/C=C\C/C=C\C/C=C\C/C=C\CCCCC. The summed E-state index contributed by atoms with van der Waals surface area (Å²) in [7, 11) is 0. The second-order valence-electron chi connectivity index (χ2n) is 20.6. The fraction of sp³-hybridized carbons (Fsp3) is 0.696. The minimum atomic E-state index is -0.823. The first-order valence-corrected chi connectivity index (χ1v) is 31.4. The molecule has 0 rings (SSSR count). The summed E-state index contributed by atoms with van der Waals surface area (Å²) in [6.07, 6.45) is 85.2. The molecule has 0 saturated carbocycles. The Balaban J connectivity index is 4.50. The summed E-state index contributed by atoms with van der Waals surface area (Å²) in [6.45, 7) is 6.52. The molecule has 0 heterocycles. The number of rotatable bonds is 56. The van der Waals surface area contributed by atoms with Gasteiger partial charge in [0.25, 0.3) is 0 Å². The van der Waals surface area contributed by atoms with Gasteiger partial charge >= 0.3 is 17.9 Å². The zero-order valence-corrected chi connectivity index (χ0v) is 49.0. The van der Waals surface area contributed by atoms with E-state index in [4.69, 9.17) is 14.2 Å². The molecule has 0 aliphatic rings. The Bertz CT molecular complexity index is 1520. The van der Waals surface area contributed by atoms with Crippen molar-refractivity contribution in [1.82, 2.24) is 0 Å². The summed E-state index contributed by atoms with van der Waals surface area (Å²) in [6, 6.07) is 0. The zero-order valence-electron chi connectivity index (χ0n) is 49.0. The van der Waals surface area contributed by atoms with Gasteiger partial charge < -0.3 is 14.2 Å². The molecular weight excluding hydrogens is 925 g/mol. The van der Waals surface area contributed by atoms with Gasteiger partial charge in [0.05, 0.1) is 0 Å². The molecule has 0 aliphatic heterocycles. The van der Waals surface area contributed by atoms with Crippen molar-refractivity contribution in [2.45, 2.75) is 297 Å². The van der Waals surface area contributed by atoms with Gasteiger partial charge in [-0.3, -0.25) is 14.4 Å². The molecule has 0 spiro atoms. The highest BCUT2D eigenvalue weighted by Crippen LogP contribution is 2.15. The Morgan fingerprint density at radius 3 is 0.840 bits per heavy atom. The third-order valence-electron chi connectivity index (χ3n) is 13.2. The summed E-state index contributed by atoms with van der Waals surface area (Å²) in [4.78, 5) is 38.3. The van der Waals surface area contributed by atoms with Gasteiger partial charge in [-0.25, -0.2) is 0 Å². The van der Waals surface area contributed by atoms with E-state index >= 15 is 0 Å². The second kappa shape index (κ2) is 62.6. The van der Waals surface area contributed by atoms with Gasteiger partial charge in [-0.05, 0) is 128 Å². The predicted molar refractivity (Wildman–Crippen MR) is 325 cm³/mol. The van der Waals surface area contributed by atoms with E-state index in [9.17, 15) is 14.4 Å². The number of hydrogen-bond donors (Lipinski definition) is 0. The molecule has 0 aromatic heterocycles. The third kappa shape index (κ3) is 60.8. The van der Waals surface area contributed by atoms with Crippen LogP contribution in [0.4, 0.5) is 0 Å². The van der Waals surface area contributed by atoms with Crippen LogP contribution in [-0.2, 0) is 28.6 Å². The van der Waals surface area contributed by atoms with Gasteiger partial charge in [-0.15, -0.1) is 0 Å². The van der Waals surface area contributed by atoms with Gasteiger partial charge in [0.2, 0.25) is 0 Å². The molecule has 6 heteroatoms. The molecule has 0 fully saturated rings. The number of unbranched alkanes of at least 4 members (excludes halogenated alkanes) is 27. The van der Waals surface area contributed by atoms with Crippen molar-refractivity contribution in [2.75, 3.05) is 13.2 Å². The largest absolute Gasteiger partial charge is 0.462 e. The standard InChI is InChI=1S/C69H116O6/c1-4-7-10-13-16-19-22-25-28-31-33-34-36-39-41-44-47-50-53-56-59-62-68(71)74-65-66(75-69(72)63-60-57-54-51-48-45-42-37-30-27-24-21-18-15-12-9-6-3)64-73-67(70)61-58-55-52-49-46-43-40-38-35-32-29-26-23-20-17-14-11-8-5-2/h17-18,20-21,25-30,35,38,42-43,45-46,51,54,66H,4-16,19,22-24,31-34,36-37,39-41,44,47-50,52-53,55-65H2,1-3H3/b20-17-,21-18-,28-25-,29-26-,30-27-,38-35-,45-42-,46-43-,54-51-/t66-/m1/s1. The quantitative estimate of drug-likeness (QED) is 0.0261. The van der Waals surface area contributed by atoms with Crippen molar-refractivity contribution in [1.29, 1.82) is 0 Å². The number of hydrogen-bond acceptors (Lipinski definition) is 6. The molecule has 0 bridgehead atoms. The molecular formula is C69H116O6. The fourth-order valence-corrected chi connectivity index (χ4v) is 8.47. The van der Waals surface area contributed by atoms with Crippen molar-refractivity contribution in [3.05, 3.63) is 109 Å². The summed E-state index contributed by atoms with van der Waals surface area (Å²) >= 11 is 0. The third-order valence-corrected chi connectivity index (χ3v) is 13.2. The lowest BCUT2D eigenvalue weighted by Crippen LogP contribution is -2.30. The lowest BCUT2D eigenvalue weighted by Gasteiger charge is -2.18. The molecule has 1 atom stereocenters. The van der Waals surface area contributed by atoms with Gasteiger partial charge in [0.1, 0.15) is 13.2 Å². The first-order chi connectivity index (χ1) is 37.0. The highest BCUT2D eigenvalue weighted by molar-refractivity contribution is 5.71. The molecule has 0 aromatic rings. The second-order valence-corrected chi connectivity index (χ2v) is 20.6. The topological polar surface area (TPSA) is 78.9 Å². The zero-order chi connectivity index (χ0) is 54.3. The van der Waals surface area contributed by atoms with E-state index < -0.39 is 6.10 Å². The molecule has 0 aliphatic carbocycles. The first kappa shape index (κ1) is 71.1. The van der Waals surface area contributed by atoms with Crippen LogP contribution in [0.1, 0.15) is 290 Å². The molecule has 0 aromatic carbocycles. The minimum absolute atomic E-state index is 0.111. The van der Waals surface area contributed by atoms with E-state index in [0.29, 0.717) is 19.3 Å². The number of esters is 3. The normalized spacial score (nSPS) is 12.8. The van der Waals surface area contributed by atoms with Gasteiger partial charge in [-0.1, -0.05) is 252 Å². The molecule has 0 unspecified atom stereocenters. The van der Waals surface area contributed by atoms with Crippen LogP contribution in [0.15, 0.2) is 109 Å². The Morgan fingerprint density at radius 2 is 0.493 bits per heavy atom. The van der Waals surface area contributed by atoms with Gasteiger partial charge in [-0.2, -0.15) is 0 Å². The van der Waals surface area contributed by atoms with Crippen LogP contribution in [0.5, 0.6) is 0 Å². The maximum Gasteiger partial charge on any atom is 0.306 e. The highest BCUT2D eigenvalue weighted by Gasteiger charge is 2.19. The average molecular weight is 1040 g/mol. The van der Waals surface area contributed by atoms with E-state index in [2.05, 4.69) is 130 Å². The number of carbonyl (C=O) groups is 3. The monoisotopic (exact) mass is 1040 g/mol. The molecule has 0 amide bonds. The maximum absolute atomic E-state index is 12.9. The Hall–Kier alpha value is -3.93. The van der Waals surface area contributed by atoms with Crippen LogP contribution in [0.2, 0.25) is 0 Å². The Kier molecular flexibility index (Phi) is 59.3. The average Bonchev–Trinajstić information content (AvgIpc) is 3.41. The minimum Gasteiger partial charge on any atom is -0.462 e. The summed E-state index contributed by atoms with van der Waals surface area (Å²) < 4.78 is 16.8. The summed E-state index contributed by atoms with van der Waals surface area (Å²) in [5.74, 6) is -0.996. The lowest BCUT2D eigenvalue weighted by atomic mass is 10.0. The molecule has 0 radical (unpaired) electrons. The van der Waals surface area contributed by atoms with Crippen LogP contribution in [0, 0.1) is 0 Å². The van der Waals surface area contributed by atoms with Crippen LogP contribution in [-0.4, -0.2) is 37.2 Å². The molecule has 0 N–H and O–H groups in total. The Labute approximate surface area is 463 Å². The summed E-state index contributed by atoms with van der Waals surface area (Å²) in [5.41, 5.74) is 0. The number of carbonyl (C=O) groups excluding carboxylic acids is 3. The highest BCUT2D eigenvalue weighted by atomic mass is 16.6. The van der Waals surface area contributed by atoms with Gasteiger partial charge in [0, 0.05) is 19.3 Å². The molecule has 0 saturated heterocycles. The molecule has 428 valence electrons. The summed E-state index contributed by atoms with van der Waals surface area (Å²) in [5, 5.41) is 0. The van der Waals surface area contributed by atoms with Crippen molar-refractivity contribution >= 4 is 17.9 Å². The smallest absolute Gasteiger partial charge is 0.306 e. The van der Waals surface area contributed by atoms with Crippen LogP contribution < -0.4 is 0 Å². The van der Waals surface area contributed by atoms with Crippen molar-refractivity contribution < 1.29 is 28.6 Å². The van der Waals surface area contributed by atoms with E-state index in [-0.39, 0.29) is 37.5 Å². The Morgan fingerprint density at radius 1 is 0.267 bits per heavy atom. The van der Waals surface area contributed by atoms with Crippen LogP contribution >= 0.6 is 0 Å². The first-order valence-electron chi connectivity index (χ1n) is 31.4. The van der Waals surface area contributed by atoms with Crippen LogP contribution in [0.3, 0.4) is 0 Å². The van der Waals surface area contributed by atoms with E-state index in [1.165, 1.54) is 154 Å². The van der Waals surface area contributed by atoms with E-state index in [1.807, 2.05) is 0 Å². The number of ether oxygens (including phenoxy) is 3. The van der Waals surface area contributed by atoms with Crippen molar-refractivity contribution in [2.24, 2.45) is 0 Å². The maximum atomic E-state index is 12.9. The fourth-order valence-electron chi connectivity index (χ4n) is 8.47. The van der Waals surface area contributed by atoms with Crippen molar-refractivity contribution in [3.8, 4) is 0 Å². The molecule has 6 nitrogen and oxygen atoms in total. The molecule has 75 heavy (non-hydrogen) atoms. The predicted octanol–water partition coefficient (Wildman–Crippen LogP) is 21.4. The van der Waals surface area contributed by atoms with E-state index in [0.717, 1.165) is 89.9 Å². The van der Waals surface area contributed by atoms with Gasteiger partial charge in [0.15, 0.2) is 6.10 Å². The lowest BCUT2D eigenvalue weighted by molar-refractivity contribution is -0.167. The van der Waals surface area contributed by atoms with Crippen molar-refractivity contribution in [3.63, 3.8) is 0 Å². The van der Waals surface area contributed by atoms with Crippen LogP contribution in [0.25, 0.3) is 0 Å².